The molecule has 6 atom stereocenters. The zero-order valence-electron chi connectivity index (χ0n) is 16.9. The second kappa shape index (κ2) is 9.83. The molecule has 8 heteroatoms. The SMILES string of the molecule is OC[C@H]1OC(c2ccc(Cl)c(Cc3ccc(O[C@@H]4CCOC4)cc3)c2)C(O)[C@@H](O)[C@@H]1O. The molecular weight excluding hydrogens is 424 g/mol. The molecule has 0 aliphatic carbocycles. The first-order valence-corrected chi connectivity index (χ1v) is 10.8. The van der Waals surface area contributed by atoms with Crippen LogP contribution < -0.4 is 4.74 Å². The molecule has 2 unspecified atom stereocenters. The van der Waals surface area contributed by atoms with Crippen LogP contribution in [-0.4, -0.2) is 70.8 Å². The average molecular weight is 451 g/mol. The first kappa shape index (κ1) is 22.5. The van der Waals surface area contributed by atoms with Crippen molar-refractivity contribution in [1.29, 1.82) is 0 Å². The normalized spacial score (nSPS) is 31.0. The van der Waals surface area contributed by atoms with Crippen LogP contribution in [0.25, 0.3) is 0 Å². The van der Waals surface area contributed by atoms with Gasteiger partial charge in [0.1, 0.15) is 42.4 Å². The Morgan fingerprint density at radius 2 is 1.77 bits per heavy atom. The van der Waals surface area contributed by atoms with E-state index in [2.05, 4.69) is 0 Å². The largest absolute Gasteiger partial charge is 0.488 e. The summed E-state index contributed by atoms with van der Waals surface area (Å²) in [5, 5.41) is 40.5. The molecule has 2 heterocycles. The lowest BCUT2D eigenvalue weighted by Crippen LogP contribution is -2.55. The first-order chi connectivity index (χ1) is 15.0. The van der Waals surface area contributed by atoms with E-state index in [1.165, 1.54) is 0 Å². The van der Waals surface area contributed by atoms with Gasteiger partial charge in [-0.3, -0.25) is 0 Å². The number of halogens is 1. The summed E-state index contributed by atoms with van der Waals surface area (Å²) < 4.78 is 16.9. The van der Waals surface area contributed by atoms with Crippen molar-refractivity contribution in [1.82, 2.24) is 0 Å². The van der Waals surface area contributed by atoms with Crippen LogP contribution in [0.2, 0.25) is 5.02 Å². The Balaban J connectivity index is 1.49. The van der Waals surface area contributed by atoms with Gasteiger partial charge in [0.25, 0.3) is 0 Å². The lowest BCUT2D eigenvalue weighted by Gasteiger charge is -2.40. The van der Waals surface area contributed by atoms with Crippen molar-refractivity contribution >= 4 is 11.6 Å². The van der Waals surface area contributed by atoms with Crippen LogP contribution in [0.4, 0.5) is 0 Å². The number of ether oxygens (including phenoxy) is 3. The van der Waals surface area contributed by atoms with E-state index in [-0.39, 0.29) is 6.10 Å². The van der Waals surface area contributed by atoms with Crippen LogP contribution >= 0.6 is 11.6 Å². The zero-order valence-corrected chi connectivity index (χ0v) is 17.7. The Morgan fingerprint density at radius 3 is 2.45 bits per heavy atom. The summed E-state index contributed by atoms with van der Waals surface area (Å²) in [6.07, 6.45) is -4.46. The van der Waals surface area contributed by atoms with Gasteiger partial charge in [-0.1, -0.05) is 35.9 Å². The minimum atomic E-state index is -1.42. The van der Waals surface area contributed by atoms with Crippen molar-refractivity contribution in [3.05, 3.63) is 64.2 Å². The second-order valence-corrected chi connectivity index (χ2v) is 8.43. The minimum Gasteiger partial charge on any atom is -0.488 e. The molecule has 168 valence electrons. The molecule has 7 nitrogen and oxygen atoms in total. The number of rotatable bonds is 6. The topological polar surface area (TPSA) is 109 Å². The third-order valence-electron chi connectivity index (χ3n) is 5.80. The van der Waals surface area contributed by atoms with Gasteiger partial charge in [0.05, 0.1) is 19.8 Å². The summed E-state index contributed by atoms with van der Waals surface area (Å²) in [7, 11) is 0. The highest BCUT2D eigenvalue weighted by Gasteiger charge is 2.44. The summed E-state index contributed by atoms with van der Waals surface area (Å²) in [6, 6.07) is 13.0. The van der Waals surface area contributed by atoms with Gasteiger partial charge >= 0.3 is 0 Å². The van der Waals surface area contributed by atoms with Gasteiger partial charge in [-0.05, 0) is 41.3 Å². The van der Waals surface area contributed by atoms with Gasteiger partial charge < -0.3 is 34.6 Å². The van der Waals surface area contributed by atoms with Crippen molar-refractivity contribution < 1.29 is 34.6 Å². The fraction of sp³-hybridized carbons (Fsp3) is 0.478. The van der Waals surface area contributed by atoms with Crippen LogP contribution in [0.3, 0.4) is 0 Å². The Hall–Kier alpha value is -1.71. The van der Waals surface area contributed by atoms with Crippen LogP contribution in [0, 0.1) is 0 Å². The number of aliphatic hydroxyl groups is 4. The van der Waals surface area contributed by atoms with Crippen LogP contribution in [0.1, 0.15) is 29.2 Å². The van der Waals surface area contributed by atoms with E-state index in [9.17, 15) is 20.4 Å². The van der Waals surface area contributed by atoms with E-state index in [0.29, 0.717) is 23.6 Å². The van der Waals surface area contributed by atoms with Gasteiger partial charge in [-0.2, -0.15) is 0 Å². The minimum absolute atomic E-state index is 0.0931. The molecule has 2 aliphatic rings. The molecule has 2 saturated heterocycles. The second-order valence-electron chi connectivity index (χ2n) is 8.02. The highest BCUT2D eigenvalue weighted by atomic mass is 35.5. The lowest BCUT2D eigenvalue weighted by atomic mass is 9.90. The molecule has 0 aromatic heterocycles. The number of hydrogen-bond acceptors (Lipinski definition) is 7. The quantitative estimate of drug-likeness (QED) is 0.529. The summed E-state index contributed by atoms with van der Waals surface area (Å²) in [4.78, 5) is 0. The molecule has 0 saturated carbocycles. The maximum atomic E-state index is 10.4. The van der Waals surface area contributed by atoms with E-state index < -0.39 is 37.1 Å². The van der Waals surface area contributed by atoms with Gasteiger partial charge in [0, 0.05) is 11.4 Å². The van der Waals surface area contributed by atoms with Crippen LogP contribution in [-0.2, 0) is 15.9 Å². The van der Waals surface area contributed by atoms with Gasteiger partial charge in [0.15, 0.2) is 0 Å². The Kier molecular flexibility index (Phi) is 7.13. The highest BCUT2D eigenvalue weighted by Crippen LogP contribution is 2.34. The predicted molar refractivity (Wildman–Crippen MR) is 113 cm³/mol. The fourth-order valence-corrected chi connectivity index (χ4v) is 4.17. The van der Waals surface area contributed by atoms with E-state index in [4.69, 9.17) is 25.8 Å². The smallest absolute Gasteiger partial charge is 0.124 e. The summed E-state index contributed by atoms with van der Waals surface area (Å²) in [5.74, 6) is 0.792. The van der Waals surface area contributed by atoms with Crippen LogP contribution in [0.15, 0.2) is 42.5 Å². The molecule has 0 amide bonds. The lowest BCUT2D eigenvalue weighted by molar-refractivity contribution is -0.231. The van der Waals surface area contributed by atoms with Crippen molar-refractivity contribution in [2.24, 2.45) is 0 Å². The number of benzene rings is 2. The van der Waals surface area contributed by atoms with E-state index in [0.717, 1.165) is 29.9 Å². The molecule has 4 N–H and O–H groups in total. The maximum Gasteiger partial charge on any atom is 0.124 e. The molecule has 2 aliphatic heterocycles. The molecule has 2 aromatic carbocycles. The fourth-order valence-electron chi connectivity index (χ4n) is 3.99. The molecule has 0 radical (unpaired) electrons. The first-order valence-electron chi connectivity index (χ1n) is 10.4. The summed E-state index contributed by atoms with van der Waals surface area (Å²) >= 11 is 6.40. The molecule has 2 fully saturated rings. The molecular formula is C23H27ClO7. The van der Waals surface area contributed by atoms with Gasteiger partial charge in [-0.25, -0.2) is 0 Å². The van der Waals surface area contributed by atoms with Crippen molar-refractivity contribution in [2.75, 3.05) is 19.8 Å². The average Bonchev–Trinajstić information content (AvgIpc) is 3.28. The van der Waals surface area contributed by atoms with Crippen LogP contribution in [0.5, 0.6) is 5.75 Å². The number of hydrogen-bond donors (Lipinski definition) is 4. The summed E-state index contributed by atoms with van der Waals surface area (Å²) in [6.45, 7) is 0.872. The number of aliphatic hydroxyl groups excluding tert-OH is 4. The molecule has 2 aromatic rings. The third kappa shape index (κ3) is 5.04. The van der Waals surface area contributed by atoms with E-state index in [1.807, 2.05) is 30.3 Å². The molecule has 0 bridgehead atoms. The van der Waals surface area contributed by atoms with Crippen molar-refractivity contribution in [3.8, 4) is 5.75 Å². The van der Waals surface area contributed by atoms with Gasteiger partial charge in [0.2, 0.25) is 0 Å². The predicted octanol–water partition coefficient (Wildman–Crippen LogP) is 1.61. The standard InChI is InChI=1S/C23H27ClO7/c24-18-6-3-14(23-22(28)21(27)20(26)19(11-25)31-23)10-15(18)9-13-1-4-16(5-2-13)30-17-7-8-29-12-17/h1-6,10,17,19-23,25-28H,7-9,11-12H2/t17-,19-,20-,21+,22?,23?/m1/s1. The Morgan fingerprint density at radius 1 is 1.00 bits per heavy atom. The zero-order chi connectivity index (χ0) is 22.0. The maximum absolute atomic E-state index is 10.4. The molecule has 0 spiro atoms. The van der Waals surface area contributed by atoms with Gasteiger partial charge in [-0.15, -0.1) is 0 Å². The van der Waals surface area contributed by atoms with Crippen molar-refractivity contribution in [3.63, 3.8) is 0 Å². The monoisotopic (exact) mass is 450 g/mol. The highest BCUT2D eigenvalue weighted by molar-refractivity contribution is 6.31. The molecule has 4 rings (SSSR count). The van der Waals surface area contributed by atoms with E-state index >= 15 is 0 Å². The Labute approximate surface area is 185 Å². The van der Waals surface area contributed by atoms with E-state index in [1.54, 1.807) is 12.1 Å². The third-order valence-corrected chi connectivity index (χ3v) is 6.17. The summed E-state index contributed by atoms with van der Waals surface area (Å²) in [5.41, 5.74) is 2.47. The Bertz CT molecular complexity index is 867. The van der Waals surface area contributed by atoms with Crippen molar-refractivity contribution in [2.45, 2.75) is 49.5 Å². The molecule has 31 heavy (non-hydrogen) atoms.